The quantitative estimate of drug-likeness (QED) is 0.664. The Labute approximate surface area is 108 Å². The number of nitrogens with one attached hydrogen (secondary N) is 2. The SMILES string of the molecule is CN(C(=O)C(=O)Nc1ncn[nH]1)c1ccc(O)cc1. The predicted octanol–water partition coefficient (Wildman–Crippen LogP) is 0.112. The monoisotopic (exact) mass is 261 g/mol. The van der Waals surface area contributed by atoms with E-state index >= 15 is 0 Å². The van der Waals surface area contributed by atoms with Crippen LogP contribution < -0.4 is 10.2 Å². The zero-order valence-electron chi connectivity index (χ0n) is 9.99. The molecule has 3 N–H and O–H groups in total. The van der Waals surface area contributed by atoms with Gasteiger partial charge in [-0.2, -0.15) is 10.1 Å². The Balaban J connectivity index is 2.06. The van der Waals surface area contributed by atoms with E-state index in [9.17, 15) is 9.59 Å². The Kier molecular flexibility index (Phi) is 3.42. The zero-order valence-corrected chi connectivity index (χ0v) is 9.99. The van der Waals surface area contributed by atoms with Gasteiger partial charge in [0.1, 0.15) is 12.1 Å². The van der Waals surface area contributed by atoms with Crippen LogP contribution in [0, 0.1) is 0 Å². The zero-order chi connectivity index (χ0) is 13.8. The lowest BCUT2D eigenvalue weighted by molar-refractivity contribution is -0.134. The average molecular weight is 261 g/mol. The minimum absolute atomic E-state index is 0.0794. The number of phenols is 1. The number of benzene rings is 1. The molecule has 0 atom stereocenters. The molecule has 0 radical (unpaired) electrons. The fourth-order valence-corrected chi connectivity index (χ4v) is 1.37. The van der Waals surface area contributed by atoms with E-state index in [1.54, 1.807) is 0 Å². The molecule has 2 amide bonds. The molecule has 2 aromatic rings. The Morgan fingerprint density at radius 1 is 1.32 bits per heavy atom. The maximum absolute atomic E-state index is 11.8. The van der Waals surface area contributed by atoms with Crippen LogP contribution in [0.1, 0.15) is 0 Å². The highest BCUT2D eigenvalue weighted by atomic mass is 16.3. The van der Waals surface area contributed by atoms with E-state index in [4.69, 9.17) is 5.11 Å². The molecule has 8 heteroatoms. The van der Waals surface area contributed by atoms with Gasteiger partial charge in [-0.3, -0.25) is 14.9 Å². The summed E-state index contributed by atoms with van der Waals surface area (Å²) in [6.07, 6.45) is 1.21. The second-order valence-electron chi connectivity index (χ2n) is 3.67. The number of hydrogen-bond acceptors (Lipinski definition) is 5. The van der Waals surface area contributed by atoms with E-state index in [0.29, 0.717) is 5.69 Å². The highest BCUT2D eigenvalue weighted by molar-refractivity contribution is 6.44. The van der Waals surface area contributed by atoms with Crippen LogP contribution in [-0.2, 0) is 9.59 Å². The molecule has 19 heavy (non-hydrogen) atoms. The van der Waals surface area contributed by atoms with Crippen molar-refractivity contribution < 1.29 is 14.7 Å². The Hall–Kier alpha value is -2.90. The standard InChI is InChI=1S/C11H11N5O3/c1-16(7-2-4-8(17)5-3-7)10(19)9(18)14-11-12-6-13-15-11/h2-6,17H,1H3,(H2,12,13,14,15,18). The Morgan fingerprint density at radius 3 is 2.58 bits per heavy atom. The van der Waals surface area contributed by atoms with Crippen LogP contribution in [0.5, 0.6) is 5.75 Å². The molecule has 0 aliphatic carbocycles. The number of nitrogens with zero attached hydrogens (tertiary/aromatic N) is 3. The van der Waals surface area contributed by atoms with Gasteiger partial charge in [0.05, 0.1) is 0 Å². The third-order valence-electron chi connectivity index (χ3n) is 2.38. The van der Waals surface area contributed by atoms with Crippen molar-refractivity contribution in [2.24, 2.45) is 0 Å². The fraction of sp³-hybridized carbons (Fsp3) is 0.0909. The molecule has 98 valence electrons. The summed E-state index contributed by atoms with van der Waals surface area (Å²) in [4.78, 5) is 28.3. The van der Waals surface area contributed by atoms with Crippen molar-refractivity contribution in [1.29, 1.82) is 0 Å². The van der Waals surface area contributed by atoms with E-state index in [0.717, 1.165) is 4.90 Å². The van der Waals surface area contributed by atoms with Crippen molar-refractivity contribution in [3.05, 3.63) is 30.6 Å². The molecule has 0 spiro atoms. The number of carbonyl (C=O) groups is 2. The van der Waals surface area contributed by atoms with Crippen LogP contribution in [0.15, 0.2) is 30.6 Å². The molecule has 0 unspecified atom stereocenters. The first-order valence-corrected chi connectivity index (χ1v) is 5.31. The molecule has 0 aliphatic heterocycles. The van der Waals surface area contributed by atoms with Gasteiger partial charge in [0.15, 0.2) is 0 Å². The average Bonchev–Trinajstić information content (AvgIpc) is 2.90. The molecule has 2 rings (SSSR count). The lowest BCUT2D eigenvalue weighted by Gasteiger charge is -2.16. The van der Waals surface area contributed by atoms with E-state index < -0.39 is 11.8 Å². The van der Waals surface area contributed by atoms with Crippen molar-refractivity contribution in [3.63, 3.8) is 0 Å². The first kappa shape index (κ1) is 12.6. The summed E-state index contributed by atoms with van der Waals surface area (Å²) in [5, 5.41) is 17.4. The van der Waals surface area contributed by atoms with Gasteiger partial charge in [0.25, 0.3) is 0 Å². The normalized spacial score (nSPS) is 9.95. The fourth-order valence-electron chi connectivity index (χ4n) is 1.37. The third kappa shape index (κ3) is 2.86. The summed E-state index contributed by atoms with van der Waals surface area (Å²) >= 11 is 0. The molecule has 1 heterocycles. The Morgan fingerprint density at radius 2 is 2.00 bits per heavy atom. The van der Waals surface area contributed by atoms with E-state index in [-0.39, 0.29) is 11.7 Å². The number of phenolic OH excluding ortho intramolecular Hbond substituents is 1. The topological polar surface area (TPSA) is 111 Å². The molecular formula is C11H11N5O3. The molecule has 0 aliphatic rings. The molecule has 1 aromatic carbocycles. The number of amides is 2. The van der Waals surface area contributed by atoms with Gasteiger partial charge in [-0.25, -0.2) is 5.10 Å². The second kappa shape index (κ2) is 5.17. The highest BCUT2D eigenvalue weighted by Crippen LogP contribution is 2.17. The number of aromatic nitrogens is 3. The maximum atomic E-state index is 11.8. The number of aromatic amines is 1. The largest absolute Gasteiger partial charge is 0.508 e. The number of rotatable bonds is 2. The molecule has 1 aromatic heterocycles. The van der Waals surface area contributed by atoms with Gasteiger partial charge in [-0.1, -0.05) is 0 Å². The minimum Gasteiger partial charge on any atom is -0.508 e. The molecule has 0 bridgehead atoms. The first-order valence-electron chi connectivity index (χ1n) is 5.31. The van der Waals surface area contributed by atoms with Crippen LogP contribution >= 0.6 is 0 Å². The van der Waals surface area contributed by atoms with Gasteiger partial charge < -0.3 is 10.0 Å². The third-order valence-corrected chi connectivity index (χ3v) is 2.38. The lowest BCUT2D eigenvalue weighted by Crippen LogP contribution is -2.37. The van der Waals surface area contributed by atoms with Crippen LogP contribution in [0.25, 0.3) is 0 Å². The molecule has 0 fully saturated rings. The van der Waals surface area contributed by atoms with E-state index in [1.807, 2.05) is 0 Å². The van der Waals surface area contributed by atoms with Gasteiger partial charge in [-0.15, -0.1) is 0 Å². The number of aromatic hydroxyl groups is 1. The molecule has 0 saturated heterocycles. The summed E-state index contributed by atoms with van der Waals surface area (Å²) in [6.45, 7) is 0. The van der Waals surface area contributed by atoms with Crippen LogP contribution in [0.4, 0.5) is 11.6 Å². The highest BCUT2D eigenvalue weighted by Gasteiger charge is 2.20. The minimum atomic E-state index is -0.840. The smallest absolute Gasteiger partial charge is 0.316 e. The van der Waals surface area contributed by atoms with E-state index in [2.05, 4.69) is 20.5 Å². The van der Waals surface area contributed by atoms with Crippen LogP contribution in [0.2, 0.25) is 0 Å². The maximum Gasteiger partial charge on any atom is 0.316 e. The van der Waals surface area contributed by atoms with Gasteiger partial charge in [0, 0.05) is 12.7 Å². The van der Waals surface area contributed by atoms with Crippen LogP contribution in [-0.4, -0.2) is 39.1 Å². The molecular weight excluding hydrogens is 250 g/mol. The summed E-state index contributed by atoms with van der Waals surface area (Å²) in [7, 11) is 1.45. The van der Waals surface area contributed by atoms with Crippen molar-refractivity contribution in [1.82, 2.24) is 15.2 Å². The number of hydrogen-bond donors (Lipinski definition) is 3. The predicted molar refractivity (Wildman–Crippen MR) is 66.5 cm³/mol. The lowest BCUT2D eigenvalue weighted by atomic mass is 10.3. The number of H-pyrrole nitrogens is 1. The summed E-state index contributed by atoms with van der Waals surface area (Å²) in [6, 6.07) is 5.89. The Bertz CT molecular complexity index is 579. The number of carbonyl (C=O) groups excluding carboxylic acids is 2. The van der Waals surface area contributed by atoms with E-state index in [1.165, 1.54) is 37.6 Å². The summed E-state index contributed by atoms with van der Waals surface area (Å²) < 4.78 is 0. The van der Waals surface area contributed by atoms with Gasteiger partial charge in [-0.05, 0) is 24.3 Å². The second-order valence-corrected chi connectivity index (χ2v) is 3.67. The van der Waals surface area contributed by atoms with Crippen molar-refractivity contribution in [3.8, 4) is 5.75 Å². The van der Waals surface area contributed by atoms with Crippen molar-refractivity contribution in [2.45, 2.75) is 0 Å². The molecule has 8 nitrogen and oxygen atoms in total. The van der Waals surface area contributed by atoms with Crippen molar-refractivity contribution in [2.75, 3.05) is 17.3 Å². The number of anilines is 2. The first-order chi connectivity index (χ1) is 9.08. The van der Waals surface area contributed by atoms with Crippen molar-refractivity contribution >= 4 is 23.5 Å². The van der Waals surface area contributed by atoms with Gasteiger partial charge in [0.2, 0.25) is 5.95 Å². The summed E-state index contributed by atoms with van der Waals surface area (Å²) in [5.74, 6) is -1.43. The summed E-state index contributed by atoms with van der Waals surface area (Å²) in [5.41, 5.74) is 0.482. The van der Waals surface area contributed by atoms with Gasteiger partial charge >= 0.3 is 11.8 Å². The molecule has 0 saturated carbocycles. The number of likely N-dealkylation sites (N-methyl/N-ethyl adjacent to an activating group) is 1. The van der Waals surface area contributed by atoms with Crippen LogP contribution in [0.3, 0.4) is 0 Å².